The van der Waals surface area contributed by atoms with E-state index in [1.165, 1.54) is 0 Å². The first-order chi connectivity index (χ1) is 12.2. The van der Waals surface area contributed by atoms with E-state index in [-0.39, 0.29) is 11.9 Å². The van der Waals surface area contributed by atoms with Gasteiger partial charge in [-0.2, -0.15) is 0 Å². The topological polar surface area (TPSA) is 56.8 Å². The second-order valence-electron chi connectivity index (χ2n) is 6.13. The molecule has 1 aliphatic carbocycles. The minimum absolute atomic E-state index is 0.00906. The van der Waals surface area contributed by atoms with Crippen molar-refractivity contribution in [2.45, 2.75) is 18.9 Å². The van der Waals surface area contributed by atoms with Crippen LogP contribution in [0.15, 0.2) is 42.5 Å². The van der Waals surface area contributed by atoms with Crippen LogP contribution < -0.4 is 19.5 Å². The molecular formula is C20H23NO4. The van der Waals surface area contributed by atoms with Crippen molar-refractivity contribution in [3.05, 3.63) is 53.6 Å². The third kappa shape index (κ3) is 3.87. The lowest BCUT2D eigenvalue weighted by atomic mass is 10.0. The highest BCUT2D eigenvalue weighted by Crippen LogP contribution is 2.41. The monoisotopic (exact) mass is 341 g/mol. The Bertz CT molecular complexity index is 738. The summed E-state index contributed by atoms with van der Waals surface area (Å²) < 4.78 is 15.7. The average Bonchev–Trinajstić information content (AvgIpc) is 3.50. The number of hydrogen-bond acceptors (Lipinski definition) is 4. The van der Waals surface area contributed by atoms with Crippen LogP contribution in [0.2, 0.25) is 0 Å². The zero-order valence-corrected chi connectivity index (χ0v) is 14.7. The second-order valence-corrected chi connectivity index (χ2v) is 6.13. The molecule has 0 bridgehead atoms. The Morgan fingerprint density at radius 3 is 2.16 bits per heavy atom. The largest absolute Gasteiger partial charge is 0.497 e. The third-order valence-corrected chi connectivity index (χ3v) is 4.51. The summed E-state index contributed by atoms with van der Waals surface area (Å²) in [6.45, 7) is 0. The second kappa shape index (κ2) is 7.47. The van der Waals surface area contributed by atoms with E-state index in [2.05, 4.69) is 5.32 Å². The van der Waals surface area contributed by atoms with Gasteiger partial charge < -0.3 is 19.5 Å². The lowest BCUT2D eigenvalue weighted by molar-refractivity contribution is 0.0928. The fourth-order valence-electron chi connectivity index (χ4n) is 2.92. The number of methoxy groups -OCH3 is 3. The van der Waals surface area contributed by atoms with Gasteiger partial charge in [0.15, 0.2) is 0 Å². The Labute approximate surface area is 147 Å². The Kier molecular flexibility index (Phi) is 5.12. The number of amides is 1. The Hall–Kier alpha value is -2.69. The molecule has 0 spiro atoms. The van der Waals surface area contributed by atoms with Gasteiger partial charge in [0.25, 0.3) is 5.91 Å². The minimum atomic E-state index is -0.146. The quantitative estimate of drug-likeness (QED) is 0.836. The normalized spacial score (nSPS) is 14.5. The first-order valence-electron chi connectivity index (χ1n) is 8.33. The summed E-state index contributed by atoms with van der Waals surface area (Å²) >= 11 is 0. The van der Waals surface area contributed by atoms with Gasteiger partial charge in [-0.1, -0.05) is 12.1 Å². The fraction of sp³-hybridized carbons (Fsp3) is 0.350. The van der Waals surface area contributed by atoms with Gasteiger partial charge in [0, 0.05) is 6.07 Å². The number of hydrogen-bond donors (Lipinski definition) is 1. The molecule has 0 heterocycles. The molecule has 1 N–H and O–H groups in total. The molecule has 2 aromatic carbocycles. The molecule has 1 atom stereocenters. The van der Waals surface area contributed by atoms with Crippen molar-refractivity contribution in [1.82, 2.24) is 5.32 Å². The molecule has 0 radical (unpaired) electrons. The molecular weight excluding hydrogens is 318 g/mol. The van der Waals surface area contributed by atoms with E-state index >= 15 is 0 Å². The van der Waals surface area contributed by atoms with Crippen LogP contribution in [0.1, 0.15) is 34.8 Å². The van der Waals surface area contributed by atoms with E-state index in [9.17, 15) is 4.79 Å². The molecule has 25 heavy (non-hydrogen) atoms. The third-order valence-electron chi connectivity index (χ3n) is 4.51. The molecule has 132 valence electrons. The standard InChI is InChI=1S/C20H23NO4/c1-23-15-8-6-14(7-9-15)19(13-4-5-13)21-20(22)17-11-10-16(24-2)12-18(17)25-3/h6-13,19H,4-5H2,1-3H3,(H,21,22). The molecule has 3 rings (SSSR count). The smallest absolute Gasteiger partial charge is 0.255 e. The van der Waals surface area contributed by atoms with Crippen LogP contribution in [0.25, 0.3) is 0 Å². The van der Waals surface area contributed by atoms with E-state index in [0.717, 1.165) is 24.2 Å². The van der Waals surface area contributed by atoms with E-state index in [0.29, 0.717) is 23.0 Å². The van der Waals surface area contributed by atoms with Crippen LogP contribution in [0, 0.1) is 5.92 Å². The molecule has 1 unspecified atom stereocenters. The molecule has 0 saturated heterocycles. The van der Waals surface area contributed by atoms with Gasteiger partial charge in [-0.15, -0.1) is 0 Å². The number of ether oxygens (including phenoxy) is 3. The van der Waals surface area contributed by atoms with Gasteiger partial charge >= 0.3 is 0 Å². The molecule has 1 fully saturated rings. The molecule has 1 aliphatic rings. The Morgan fingerprint density at radius 1 is 0.960 bits per heavy atom. The highest BCUT2D eigenvalue weighted by atomic mass is 16.5. The maximum Gasteiger partial charge on any atom is 0.255 e. The number of carbonyl (C=O) groups is 1. The predicted octanol–water partition coefficient (Wildman–Crippen LogP) is 3.59. The van der Waals surface area contributed by atoms with Gasteiger partial charge in [0.05, 0.1) is 32.9 Å². The van der Waals surface area contributed by atoms with Crippen LogP contribution in [0.4, 0.5) is 0 Å². The van der Waals surface area contributed by atoms with Gasteiger partial charge in [-0.3, -0.25) is 4.79 Å². The Balaban J connectivity index is 1.81. The highest BCUT2D eigenvalue weighted by molar-refractivity contribution is 5.97. The maximum atomic E-state index is 12.8. The molecule has 0 aliphatic heterocycles. The van der Waals surface area contributed by atoms with Crippen molar-refractivity contribution in [1.29, 1.82) is 0 Å². The average molecular weight is 341 g/mol. The number of nitrogens with one attached hydrogen (secondary N) is 1. The predicted molar refractivity (Wildman–Crippen MR) is 95.5 cm³/mol. The van der Waals surface area contributed by atoms with Crippen molar-refractivity contribution < 1.29 is 19.0 Å². The van der Waals surface area contributed by atoms with Crippen LogP contribution >= 0.6 is 0 Å². The van der Waals surface area contributed by atoms with Crippen LogP contribution in [-0.2, 0) is 0 Å². The van der Waals surface area contributed by atoms with E-state index in [1.807, 2.05) is 24.3 Å². The number of rotatable bonds is 7. The molecule has 1 amide bonds. The number of carbonyl (C=O) groups excluding carboxylic acids is 1. The van der Waals surface area contributed by atoms with E-state index in [4.69, 9.17) is 14.2 Å². The number of benzene rings is 2. The first kappa shape index (κ1) is 17.1. The summed E-state index contributed by atoms with van der Waals surface area (Å²) in [5.41, 5.74) is 1.59. The summed E-state index contributed by atoms with van der Waals surface area (Å²) in [6, 6.07) is 13.1. The van der Waals surface area contributed by atoms with Crippen molar-refractivity contribution in [3.8, 4) is 17.2 Å². The SMILES string of the molecule is COc1ccc(C(NC(=O)c2ccc(OC)cc2OC)C2CC2)cc1. The summed E-state index contributed by atoms with van der Waals surface area (Å²) in [4.78, 5) is 12.8. The van der Waals surface area contributed by atoms with Crippen molar-refractivity contribution in [2.24, 2.45) is 5.92 Å². The zero-order chi connectivity index (χ0) is 17.8. The zero-order valence-electron chi connectivity index (χ0n) is 14.7. The lowest BCUT2D eigenvalue weighted by Crippen LogP contribution is -2.30. The van der Waals surface area contributed by atoms with Crippen molar-refractivity contribution in [2.75, 3.05) is 21.3 Å². The van der Waals surface area contributed by atoms with Gasteiger partial charge in [-0.25, -0.2) is 0 Å². The van der Waals surface area contributed by atoms with Crippen LogP contribution in [0.5, 0.6) is 17.2 Å². The Morgan fingerprint density at radius 2 is 1.60 bits per heavy atom. The van der Waals surface area contributed by atoms with Crippen molar-refractivity contribution in [3.63, 3.8) is 0 Å². The summed E-state index contributed by atoms with van der Waals surface area (Å²) in [5, 5.41) is 3.16. The highest BCUT2D eigenvalue weighted by Gasteiger charge is 2.34. The molecule has 2 aromatic rings. The summed E-state index contributed by atoms with van der Waals surface area (Å²) in [6.07, 6.45) is 2.24. The van der Waals surface area contributed by atoms with Gasteiger partial charge in [0.2, 0.25) is 0 Å². The minimum Gasteiger partial charge on any atom is -0.497 e. The van der Waals surface area contributed by atoms with Gasteiger partial charge in [0.1, 0.15) is 17.2 Å². The van der Waals surface area contributed by atoms with Crippen molar-refractivity contribution >= 4 is 5.91 Å². The molecule has 0 aromatic heterocycles. The van der Waals surface area contributed by atoms with E-state index in [1.54, 1.807) is 39.5 Å². The van der Waals surface area contributed by atoms with Gasteiger partial charge in [-0.05, 0) is 48.6 Å². The summed E-state index contributed by atoms with van der Waals surface area (Å²) in [7, 11) is 4.78. The first-order valence-corrected chi connectivity index (χ1v) is 8.33. The van der Waals surface area contributed by atoms with Crippen LogP contribution in [0.3, 0.4) is 0 Å². The van der Waals surface area contributed by atoms with E-state index < -0.39 is 0 Å². The molecule has 5 heteroatoms. The summed E-state index contributed by atoms with van der Waals surface area (Å²) in [5.74, 6) is 2.29. The van der Waals surface area contributed by atoms with Crippen LogP contribution in [-0.4, -0.2) is 27.2 Å². The molecule has 1 saturated carbocycles. The molecule has 5 nitrogen and oxygen atoms in total. The lowest BCUT2D eigenvalue weighted by Gasteiger charge is -2.20. The maximum absolute atomic E-state index is 12.8. The fourth-order valence-corrected chi connectivity index (χ4v) is 2.92.